The standard InChI is InChI=1S/C13H9FN4O2S/c14-8-4-7(5-9(6-8)18(19)20)12-11(13(15)17-16-12)10-2-1-3-21-10/h1-6H,(H3,15,16,17). The number of hydrogen-bond donors (Lipinski definition) is 2. The molecule has 0 fully saturated rings. The fourth-order valence-electron chi connectivity index (χ4n) is 2.06. The number of benzene rings is 1. The lowest BCUT2D eigenvalue weighted by molar-refractivity contribution is -0.385. The van der Waals surface area contributed by atoms with Crippen LogP contribution in [-0.4, -0.2) is 15.1 Å². The lowest BCUT2D eigenvalue weighted by Gasteiger charge is -2.03. The Kier molecular flexibility index (Phi) is 3.15. The van der Waals surface area contributed by atoms with E-state index >= 15 is 0 Å². The maximum atomic E-state index is 13.6. The Morgan fingerprint density at radius 1 is 1.38 bits per heavy atom. The minimum atomic E-state index is -0.690. The number of aromatic nitrogens is 2. The van der Waals surface area contributed by atoms with Crippen molar-refractivity contribution < 1.29 is 9.31 Å². The highest BCUT2D eigenvalue weighted by atomic mass is 32.1. The molecule has 6 nitrogen and oxygen atoms in total. The fourth-order valence-corrected chi connectivity index (χ4v) is 2.84. The summed E-state index contributed by atoms with van der Waals surface area (Å²) in [5.74, 6) is -0.427. The van der Waals surface area contributed by atoms with Crippen molar-refractivity contribution in [3.63, 3.8) is 0 Å². The Hall–Kier alpha value is -2.74. The molecular formula is C13H9FN4O2S. The number of halogens is 1. The van der Waals surface area contributed by atoms with Gasteiger partial charge in [0.25, 0.3) is 5.69 Å². The summed E-state index contributed by atoms with van der Waals surface area (Å²) in [6.45, 7) is 0. The molecule has 0 radical (unpaired) electrons. The van der Waals surface area contributed by atoms with Gasteiger partial charge >= 0.3 is 0 Å². The first kappa shape index (κ1) is 13.3. The molecule has 0 saturated carbocycles. The summed E-state index contributed by atoms with van der Waals surface area (Å²) in [6, 6.07) is 7.06. The van der Waals surface area contributed by atoms with Crippen LogP contribution < -0.4 is 5.73 Å². The molecule has 21 heavy (non-hydrogen) atoms. The molecule has 3 rings (SSSR count). The van der Waals surface area contributed by atoms with Crippen LogP contribution in [0.5, 0.6) is 0 Å². The number of nitrogens with one attached hydrogen (secondary N) is 1. The third-order valence-corrected chi connectivity index (χ3v) is 3.83. The molecule has 0 atom stereocenters. The number of nitrogens with two attached hydrogens (primary N) is 1. The van der Waals surface area contributed by atoms with Crippen molar-refractivity contribution in [2.75, 3.05) is 5.73 Å². The monoisotopic (exact) mass is 304 g/mol. The van der Waals surface area contributed by atoms with Crippen LogP contribution in [0.1, 0.15) is 0 Å². The van der Waals surface area contributed by atoms with Gasteiger partial charge in [-0.1, -0.05) is 6.07 Å². The first-order valence-corrected chi connectivity index (χ1v) is 6.77. The van der Waals surface area contributed by atoms with Gasteiger partial charge in [-0.15, -0.1) is 11.3 Å². The van der Waals surface area contributed by atoms with E-state index in [1.165, 1.54) is 23.5 Å². The number of rotatable bonds is 3. The van der Waals surface area contributed by atoms with Crippen LogP contribution in [-0.2, 0) is 0 Å². The van der Waals surface area contributed by atoms with Gasteiger partial charge in [-0.05, 0) is 17.5 Å². The summed E-state index contributed by atoms with van der Waals surface area (Å²) in [5, 5.41) is 19.4. The summed E-state index contributed by atoms with van der Waals surface area (Å²) < 4.78 is 13.6. The molecule has 2 aromatic heterocycles. The molecule has 0 aliphatic rings. The third kappa shape index (κ3) is 2.36. The average Bonchev–Trinajstić information content (AvgIpc) is 3.06. The van der Waals surface area contributed by atoms with Crippen LogP contribution in [0.3, 0.4) is 0 Å². The van der Waals surface area contributed by atoms with Crippen molar-refractivity contribution in [1.82, 2.24) is 10.2 Å². The normalized spacial score (nSPS) is 10.7. The molecule has 0 saturated heterocycles. The summed E-state index contributed by atoms with van der Waals surface area (Å²) >= 11 is 1.45. The van der Waals surface area contributed by atoms with E-state index in [9.17, 15) is 14.5 Å². The van der Waals surface area contributed by atoms with E-state index in [1.807, 2.05) is 17.5 Å². The Balaban J connectivity index is 2.20. The van der Waals surface area contributed by atoms with Gasteiger partial charge in [0.15, 0.2) is 5.82 Å². The zero-order valence-electron chi connectivity index (χ0n) is 10.5. The van der Waals surface area contributed by atoms with Gasteiger partial charge in [0.1, 0.15) is 5.82 Å². The van der Waals surface area contributed by atoms with Gasteiger partial charge in [-0.25, -0.2) is 4.39 Å². The SMILES string of the molecule is Nc1n[nH]c(-c2cc(F)cc([N+](=O)[O-])c2)c1-c1cccs1. The number of nitrogen functional groups attached to an aromatic ring is 1. The number of hydrogen-bond acceptors (Lipinski definition) is 5. The predicted octanol–water partition coefficient (Wildman–Crippen LogP) is 3.43. The largest absolute Gasteiger partial charge is 0.382 e. The highest BCUT2D eigenvalue weighted by Crippen LogP contribution is 2.38. The van der Waals surface area contributed by atoms with Gasteiger partial charge in [-0.2, -0.15) is 5.10 Å². The van der Waals surface area contributed by atoms with E-state index < -0.39 is 10.7 Å². The predicted molar refractivity (Wildman–Crippen MR) is 78.4 cm³/mol. The van der Waals surface area contributed by atoms with E-state index in [0.717, 1.165) is 10.9 Å². The van der Waals surface area contributed by atoms with Crippen LogP contribution in [0.2, 0.25) is 0 Å². The Morgan fingerprint density at radius 2 is 2.19 bits per heavy atom. The van der Waals surface area contributed by atoms with Crippen molar-refractivity contribution in [1.29, 1.82) is 0 Å². The number of nitro benzene ring substituents is 1. The molecule has 3 aromatic rings. The minimum absolute atomic E-state index is 0.263. The average molecular weight is 304 g/mol. The molecule has 0 aliphatic heterocycles. The van der Waals surface area contributed by atoms with Crippen LogP contribution in [0.25, 0.3) is 21.7 Å². The van der Waals surface area contributed by atoms with Crippen LogP contribution in [0.15, 0.2) is 35.7 Å². The molecule has 0 bridgehead atoms. The van der Waals surface area contributed by atoms with Gasteiger partial charge in [0.05, 0.1) is 22.2 Å². The summed E-state index contributed by atoms with van der Waals surface area (Å²) in [5.41, 5.74) is 6.92. The van der Waals surface area contributed by atoms with Crippen molar-refractivity contribution >= 4 is 22.8 Å². The van der Waals surface area contributed by atoms with E-state index in [2.05, 4.69) is 10.2 Å². The van der Waals surface area contributed by atoms with Crippen molar-refractivity contribution in [3.05, 3.63) is 51.6 Å². The Labute approximate surface area is 122 Å². The molecule has 106 valence electrons. The van der Waals surface area contributed by atoms with E-state index in [0.29, 0.717) is 16.8 Å². The highest BCUT2D eigenvalue weighted by molar-refractivity contribution is 7.13. The Bertz CT molecular complexity index is 814. The number of aromatic amines is 1. The zero-order valence-corrected chi connectivity index (χ0v) is 11.4. The second-order valence-corrected chi connectivity index (χ2v) is 5.24. The van der Waals surface area contributed by atoms with E-state index in [-0.39, 0.29) is 11.5 Å². The maximum Gasteiger partial charge on any atom is 0.273 e. The number of H-pyrrole nitrogens is 1. The second-order valence-electron chi connectivity index (χ2n) is 4.29. The first-order chi connectivity index (χ1) is 10.1. The van der Waals surface area contributed by atoms with Crippen molar-refractivity contribution in [3.8, 4) is 21.7 Å². The van der Waals surface area contributed by atoms with E-state index in [4.69, 9.17) is 5.73 Å². The Morgan fingerprint density at radius 3 is 2.86 bits per heavy atom. The lowest BCUT2D eigenvalue weighted by Crippen LogP contribution is -1.92. The summed E-state index contributed by atoms with van der Waals surface area (Å²) in [7, 11) is 0. The van der Waals surface area contributed by atoms with Crippen LogP contribution in [0.4, 0.5) is 15.9 Å². The van der Waals surface area contributed by atoms with E-state index in [1.54, 1.807) is 0 Å². The second kappa shape index (κ2) is 4.98. The molecule has 0 spiro atoms. The number of nitro groups is 1. The lowest BCUT2D eigenvalue weighted by atomic mass is 10.1. The molecule has 0 amide bonds. The smallest absolute Gasteiger partial charge is 0.273 e. The van der Waals surface area contributed by atoms with Gasteiger partial charge in [0.2, 0.25) is 0 Å². The molecule has 1 aromatic carbocycles. The van der Waals surface area contributed by atoms with Gasteiger partial charge in [0, 0.05) is 16.5 Å². The highest BCUT2D eigenvalue weighted by Gasteiger charge is 2.19. The molecule has 0 aliphatic carbocycles. The minimum Gasteiger partial charge on any atom is -0.382 e. The van der Waals surface area contributed by atoms with Gasteiger partial charge < -0.3 is 5.73 Å². The number of anilines is 1. The maximum absolute atomic E-state index is 13.6. The summed E-state index contributed by atoms with van der Waals surface area (Å²) in [4.78, 5) is 11.1. The number of non-ortho nitro benzene ring substituents is 1. The van der Waals surface area contributed by atoms with Crippen molar-refractivity contribution in [2.24, 2.45) is 0 Å². The zero-order chi connectivity index (χ0) is 15.0. The van der Waals surface area contributed by atoms with Gasteiger partial charge in [-0.3, -0.25) is 15.2 Å². The third-order valence-electron chi connectivity index (χ3n) is 2.94. The van der Waals surface area contributed by atoms with Crippen molar-refractivity contribution in [2.45, 2.75) is 0 Å². The summed E-state index contributed by atoms with van der Waals surface area (Å²) in [6.07, 6.45) is 0. The topological polar surface area (TPSA) is 97.8 Å². The molecule has 8 heteroatoms. The first-order valence-electron chi connectivity index (χ1n) is 5.89. The quantitative estimate of drug-likeness (QED) is 0.572. The molecular weight excluding hydrogens is 295 g/mol. The van der Waals surface area contributed by atoms with Crippen LogP contribution >= 0.6 is 11.3 Å². The molecule has 2 heterocycles. The number of thiophene rings is 1. The number of nitrogens with zero attached hydrogens (tertiary/aromatic N) is 2. The molecule has 0 unspecified atom stereocenters. The fraction of sp³-hybridized carbons (Fsp3) is 0. The molecule has 3 N–H and O–H groups in total. The van der Waals surface area contributed by atoms with Crippen LogP contribution in [0, 0.1) is 15.9 Å².